The predicted molar refractivity (Wildman–Crippen MR) is 90.4 cm³/mol. The van der Waals surface area contributed by atoms with E-state index in [4.69, 9.17) is 0 Å². The summed E-state index contributed by atoms with van der Waals surface area (Å²) in [6.45, 7) is 6.38. The number of carboxylic acids is 1. The van der Waals surface area contributed by atoms with Crippen molar-refractivity contribution >= 4 is 17.8 Å². The zero-order chi connectivity index (χ0) is 17.7. The molecule has 1 heterocycles. The molecule has 2 rings (SSSR count). The van der Waals surface area contributed by atoms with Crippen LogP contribution in [0.25, 0.3) is 0 Å². The van der Waals surface area contributed by atoms with Crippen molar-refractivity contribution in [2.45, 2.75) is 58.8 Å². The summed E-state index contributed by atoms with van der Waals surface area (Å²) in [6.07, 6.45) is 4.71. The van der Waals surface area contributed by atoms with E-state index in [1.807, 2.05) is 18.7 Å². The van der Waals surface area contributed by atoms with Crippen molar-refractivity contribution in [3.63, 3.8) is 0 Å². The van der Waals surface area contributed by atoms with Crippen molar-refractivity contribution in [3.05, 3.63) is 0 Å². The third kappa shape index (κ3) is 3.73. The normalized spacial score (nSPS) is 25.6. The van der Waals surface area contributed by atoms with Gasteiger partial charge in [-0.3, -0.25) is 14.4 Å². The third-order valence-electron chi connectivity index (χ3n) is 5.54. The second-order valence-corrected chi connectivity index (χ2v) is 7.21. The van der Waals surface area contributed by atoms with Crippen LogP contribution in [-0.2, 0) is 14.4 Å². The molecule has 1 aliphatic heterocycles. The van der Waals surface area contributed by atoms with Crippen molar-refractivity contribution in [3.8, 4) is 0 Å². The Hall–Kier alpha value is -1.59. The number of likely N-dealkylation sites (tertiary alicyclic amines) is 1. The van der Waals surface area contributed by atoms with Crippen molar-refractivity contribution in [2.75, 3.05) is 26.2 Å². The number of hydrogen-bond acceptors (Lipinski definition) is 3. The zero-order valence-electron chi connectivity index (χ0n) is 14.9. The highest BCUT2D eigenvalue weighted by Crippen LogP contribution is 2.48. The molecule has 1 aliphatic carbocycles. The number of fused-ring (bicyclic) bond motifs is 1. The zero-order valence-corrected chi connectivity index (χ0v) is 14.9. The molecule has 2 atom stereocenters. The van der Waals surface area contributed by atoms with Crippen molar-refractivity contribution < 1.29 is 19.5 Å². The lowest BCUT2D eigenvalue weighted by atomic mass is 9.81. The van der Waals surface area contributed by atoms with Gasteiger partial charge in [-0.2, -0.15) is 0 Å². The first-order chi connectivity index (χ1) is 11.4. The van der Waals surface area contributed by atoms with Gasteiger partial charge in [0.2, 0.25) is 11.8 Å². The highest BCUT2D eigenvalue weighted by Gasteiger charge is 2.55. The molecule has 1 saturated heterocycles. The maximum absolute atomic E-state index is 12.4. The van der Waals surface area contributed by atoms with Crippen LogP contribution >= 0.6 is 0 Å². The fourth-order valence-electron chi connectivity index (χ4n) is 4.26. The summed E-state index contributed by atoms with van der Waals surface area (Å²) in [5.41, 5.74) is -0.740. The molecule has 1 N–H and O–H groups in total. The van der Waals surface area contributed by atoms with E-state index < -0.39 is 11.4 Å². The molecular weight excluding hydrogens is 308 g/mol. The second-order valence-electron chi connectivity index (χ2n) is 7.21. The quantitative estimate of drug-likeness (QED) is 0.735. The minimum atomic E-state index is -0.770. The van der Waals surface area contributed by atoms with Gasteiger partial charge in [-0.15, -0.1) is 0 Å². The highest BCUT2D eigenvalue weighted by atomic mass is 16.4. The fourth-order valence-corrected chi connectivity index (χ4v) is 4.26. The minimum absolute atomic E-state index is 0.0272. The Morgan fingerprint density at radius 2 is 1.83 bits per heavy atom. The Kier molecular flexibility index (Phi) is 6.24. The van der Waals surface area contributed by atoms with Gasteiger partial charge >= 0.3 is 5.97 Å². The largest absolute Gasteiger partial charge is 0.481 e. The molecule has 2 fully saturated rings. The number of carboxylic acid groups (broad SMARTS) is 1. The molecule has 1 saturated carbocycles. The molecule has 0 spiro atoms. The topological polar surface area (TPSA) is 77.9 Å². The van der Waals surface area contributed by atoms with Crippen molar-refractivity contribution in [1.82, 2.24) is 9.80 Å². The Labute approximate surface area is 144 Å². The maximum atomic E-state index is 12.4. The van der Waals surface area contributed by atoms with E-state index in [1.165, 1.54) is 0 Å². The van der Waals surface area contributed by atoms with Crippen LogP contribution in [0.15, 0.2) is 0 Å². The summed E-state index contributed by atoms with van der Waals surface area (Å²) >= 11 is 0. The van der Waals surface area contributed by atoms with E-state index in [0.717, 1.165) is 38.8 Å². The number of hydrogen-bond donors (Lipinski definition) is 1. The van der Waals surface area contributed by atoms with Gasteiger partial charge in [0.1, 0.15) is 0 Å². The number of nitrogens with zero attached hydrogens (tertiary/aromatic N) is 2. The summed E-state index contributed by atoms with van der Waals surface area (Å²) in [5, 5.41) is 9.58. The predicted octanol–water partition coefficient (Wildman–Crippen LogP) is 2.13. The average Bonchev–Trinajstić information content (AvgIpc) is 3.10. The first-order valence-corrected chi connectivity index (χ1v) is 9.23. The molecule has 2 aliphatic rings. The van der Waals surface area contributed by atoms with Gasteiger partial charge in [0, 0.05) is 39.0 Å². The molecule has 0 aromatic heterocycles. The monoisotopic (exact) mass is 338 g/mol. The number of amides is 2. The standard InChI is InChI=1S/C18H30N2O4/c1-3-10-19(11-4-2)15(21)7-8-16(22)20-12-14-6-5-9-18(14,13-20)17(23)24/h14H,3-13H2,1-2H3,(H,23,24)/t14-,18+/m0/s1. The molecule has 0 radical (unpaired) electrons. The maximum Gasteiger partial charge on any atom is 0.311 e. The lowest BCUT2D eigenvalue weighted by Crippen LogP contribution is -2.38. The number of carbonyl (C=O) groups excluding carboxylic acids is 2. The van der Waals surface area contributed by atoms with Gasteiger partial charge in [0.05, 0.1) is 5.41 Å². The smallest absolute Gasteiger partial charge is 0.311 e. The van der Waals surface area contributed by atoms with Crippen LogP contribution in [0.1, 0.15) is 58.8 Å². The SMILES string of the molecule is CCCN(CCC)C(=O)CCC(=O)N1C[C@@H]2CCC[C@@]2(C(=O)O)C1. The van der Waals surface area contributed by atoms with Crippen LogP contribution in [-0.4, -0.2) is 58.9 Å². The number of aliphatic carboxylic acids is 1. The summed E-state index contributed by atoms with van der Waals surface area (Å²) in [5.74, 6) is -0.745. The van der Waals surface area contributed by atoms with E-state index in [-0.39, 0.29) is 30.6 Å². The van der Waals surface area contributed by atoms with E-state index >= 15 is 0 Å². The van der Waals surface area contributed by atoms with E-state index in [9.17, 15) is 19.5 Å². The van der Waals surface area contributed by atoms with Crippen LogP contribution in [0.4, 0.5) is 0 Å². The molecule has 0 bridgehead atoms. The minimum Gasteiger partial charge on any atom is -0.481 e. The van der Waals surface area contributed by atoms with Gasteiger partial charge in [0.15, 0.2) is 0 Å². The fraction of sp³-hybridized carbons (Fsp3) is 0.833. The molecule has 6 heteroatoms. The molecular formula is C18H30N2O4. The Morgan fingerprint density at radius 1 is 1.17 bits per heavy atom. The first kappa shape index (κ1) is 18.7. The lowest BCUT2D eigenvalue weighted by Gasteiger charge is -2.24. The van der Waals surface area contributed by atoms with E-state index in [0.29, 0.717) is 19.5 Å². The van der Waals surface area contributed by atoms with Crippen LogP contribution in [0.5, 0.6) is 0 Å². The van der Waals surface area contributed by atoms with Gasteiger partial charge in [-0.05, 0) is 31.6 Å². The number of rotatable bonds is 8. The van der Waals surface area contributed by atoms with E-state index in [2.05, 4.69) is 0 Å². The summed E-state index contributed by atoms with van der Waals surface area (Å²) in [7, 11) is 0. The average molecular weight is 338 g/mol. The van der Waals surface area contributed by atoms with Crippen molar-refractivity contribution in [2.24, 2.45) is 11.3 Å². The molecule has 6 nitrogen and oxygen atoms in total. The van der Waals surface area contributed by atoms with Gasteiger partial charge in [-0.25, -0.2) is 0 Å². The van der Waals surface area contributed by atoms with Crippen molar-refractivity contribution in [1.29, 1.82) is 0 Å². The van der Waals surface area contributed by atoms with Crippen LogP contribution in [0, 0.1) is 11.3 Å². The highest BCUT2D eigenvalue weighted by molar-refractivity contribution is 5.85. The lowest BCUT2D eigenvalue weighted by molar-refractivity contribution is -0.149. The second kappa shape index (κ2) is 7.99. The summed E-state index contributed by atoms with van der Waals surface area (Å²) in [4.78, 5) is 39.9. The Morgan fingerprint density at radius 3 is 2.38 bits per heavy atom. The molecule has 2 amide bonds. The first-order valence-electron chi connectivity index (χ1n) is 9.23. The molecule has 0 aromatic rings. The molecule has 136 valence electrons. The number of carbonyl (C=O) groups is 3. The van der Waals surface area contributed by atoms with Crippen LogP contribution in [0.3, 0.4) is 0 Å². The molecule has 24 heavy (non-hydrogen) atoms. The van der Waals surface area contributed by atoms with Gasteiger partial charge in [-0.1, -0.05) is 20.3 Å². The van der Waals surface area contributed by atoms with Gasteiger partial charge in [0.25, 0.3) is 0 Å². The third-order valence-corrected chi connectivity index (χ3v) is 5.54. The Bertz CT molecular complexity index is 487. The van der Waals surface area contributed by atoms with Crippen LogP contribution < -0.4 is 0 Å². The van der Waals surface area contributed by atoms with E-state index in [1.54, 1.807) is 4.90 Å². The molecule has 0 aromatic carbocycles. The Balaban J connectivity index is 1.87. The van der Waals surface area contributed by atoms with Crippen LogP contribution in [0.2, 0.25) is 0 Å². The van der Waals surface area contributed by atoms with Gasteiger partial charge < -0.3 is 14.9 Å². The summed E-state index contributed by atoms with van der Waals surface area (Å²) in [6, 6.07) is 0. The summed E-state index contributed by atoms with van der Waals surface area (Å²) < 4.78 is 0. The molecule has 0 unspecified atom stereocenters.